The summed E-state index contributed by atoms with van der Waals surface area (Å²) in [5.41, 5.74) is 1.04. The zero-order valence-electron chi connectivity index (χ0n) is 10.9. The largest absolute Gasteiger partial charge is 0.324 e. The van der Waals surface area contributed by atoms with E-state index in [0.29, 0.717) is 5.57 Å². The maximum Gasteiger partial charge on any atom is 0.324 e. The average molecular weight is 258 g/mol. The van der Waals surface area contributed by atoms with E-state index in [9.17, 15) is 9.59 Å². The molecule has 0 radical (unpaired) electrons. The van der Waals surface area contributed by atoms with Gasteiger partial charge in [-0.15, -0.1) is 0 Å². The second-order valence-electron chi connectivity index (χ2n) is 4.65. The van der Waals surface area contributed by atoms with E-state index in [1.54, 1.807) is 17.0 Å². The predicted molar refractivity (Wildman–Crippen MR) is 74.4 cm³/mol. The highest BCUT2D eigenvalue weighted by Crippen LogP contribution is 2.12. The number of piperidine rings is 1. The van der Waals surface area contributed by atoms with Gasteiger partial charge < -0.3 is 4.90 Å². The second kappa shape index (κ2) is 6.18. The van der Waals surface area contributed by atoms with Crippen LogP contribution in [0.3, 0.4) is 0 Å². The molecular weight excluding hydrogens is 240 g/mol. The Morgan fingerprint density at radius 3 is 2.32 bits per heavy atom. The summed E-state index contributed by atoms with van der Waals surface area (Å²) in [5, 5.41) is 2.40. The first-order chi connectivity index (χ1) is 9.18. The van der Waals surface area contributed by atoms with Gasteiger partial charge in [0.25, 0.3) is 5.91 Å². The van der Waals surface area contributed by atoms with Crippen molar-refractivity contribution in [3.8, 4) is 0 Å². The molecule has 1 aliphatic rings. The number of hydrogen-bond acceptors (Lipinski definition) is 2. The molecule has 1 aromatic carbocycles. The molecule has 1 heterocycles. The molecule has 1 saturated heterocycles. The fourth-order valence-corrected chi connectivity index (χ4v) is 2.12. The van der Waals surface area contributed by atoms with Gasteiger partial charge in [-0.1, -0.05) is 36.9 Å². The van der Waals surface area contributed by atoms with Crippen LogP contribution in [0.25, 0.3) is 5.57 Å². The molecule has 0 aromatic heterocycles. The van der Waals surface area contributed by atoms with Gasteiger partial charge in [-0.2, -0.15) is 0 Å². The number of carbonyl (C=O) groups excluding carboxylic acids is 2. The van der Waals surface area contributed by atoms with Crippen molar-refractivity contribution in [3.05, 3.63) is 42.5 Å². The fraction of sp³-hybridized carbons (Fsp3) is 0.333. The van der Waals surface area contributed by atoms with E-state index < -0.39 is 5.91 Å². The van der Waals surface area contributed by atoms with E-state index in [1.165, 1.54) is 0 Å². The van der Waals surface area contributed by atoms with Crippen molar-refractivity contribution in [3.63, 3.8) is 0 Å². The summed E-state index contributed by atoms with van der Waals surface area (Å²) in [4.78, 5) is 25.5. The average Bonchev–Trinajstić information content (AvgIpc) is 2.48. The second-order valence-corrected chi connectivity index (χ2v) is 4.65. The number of imide groups is 1. The van der Waals surface area contributed by atoms with E-state index in [0.717, 1.165) is 37.9 Å². The van der Waals surface area contributed by atoms with Crippen molar-refractivity contribution >= 4 is 17.5 Å². The van der Waals surface area contributed by atoms with E-state index in [-0.39, 0.29) is 6.03 Å². The lowest BCUT2D eigenvalue weighted by molar-refractivity contribution is -0.114. The van der Waals surface area contributed by atoms with Crippen LogP contribution in [-0.4, -0.2) is 29.9 Å². The first kappa shape index (κ1) is 13.3. The lowest BCUT2D eigenvalue weighted by atomic mass is 10.1. The van der Waals surface area contributed by atoms with Crippen LogP contribution in [0.5, 0.6) is 0 Å². The molecule has 1 N–H and O–H groups in total. The molecule has 19 heavy (non-hydrogen) atoms. The zero-order valence-corrected chi connectivity index (χ0v) is 10.9. The number of urea groups is 1. The van der Waals surface area contributed by atoms with Gasteiger partial charge in [0.05, 0.1) is 0 Å². The highest BCUT2D eigenvalue weighted by atomic mass is 16.2. The molecule has 4 nitrogen and oxygen atoms in total. The lowest BCUT2D eigenvalue weighted by Crippen LogP contribution is -2.45. The van der Waals surface area contributed by atoms with Gasteiger partial charge in [0.2, 0.25) is 0 Å². The fourth-order valence-electron chi connectivity index (χ4n) is 2.12. The normalized spacial score (nSPS) is 14.8. The monoisotopic (exact) mass is 258 g/mol. The third-order valence-corrected chi connectivity index (χ3v) is 3.26. The quantitative estimate of drug-likeness (QED) is 0.828. The molecule has 1 fully saturated rings. The summed E-state index contributed by atoms with van der Waals surface area (Å²) in [6, 6.07) is 8.82. The van der Waals surface area contributed by atoms with Crippen LogP contribution in [0, 0.1) is 0 Å². The molecule has 2 rings (SSSR count). The molecule has 3 amide bonds. The van der Waals surface area contributed by atoms with Crippen LogP contribution in [-0.2, 0) is 4.79 Å². The van der Waals surface area contributed by atoms with Gasteiger partial charge in [-0.05, 0) is 24.8 Å². The summed E-state index contributed by atoms with van der Waals surface area (Å²) in [7, 11) is 0. The van der Waals surface area contributed by atoms with Crippen molar-refractivity contribution in [2.45, 2.75) is 19.3 Å². The molecule has 100 valence electrons. The first-order valence-electron chi connectivity index (χ1n) is 6.53. The minimum atomic E-state index is -0.429. The Balaban J connectivity index is 1.93. The summed E-state index contributed by atoms with van der Waals surface area (Å²) in [6.07, 6.45) is 3.15. The Bertz CT molecular complexity index is 476. The van der Waals surface area contributed by atoms with Crippen LogP contribution in [0.1, 0.15) is 24.8 Å². The topological polar surface area (TPSA) is 49.4 Å². The molecule has 0 spiro atoms. The molecule has 4 heteroatoms. The highest BCUT2D eigenvalue weighted by molar-refractivity contribution is 6.22. The number of hydrogen-bond donors (Lipinski definition) is 1. The van der Waals surface area contributed by atoms with Crippen molar-refractivity contribution in [2.24, 2.45) is 0 Å². The number of amides is 3. The number of benzene rings is 1. The van der Waals surface area contributed by atoms with E-state index >= 15 is 0 Å². The van der Waals surface area contributed by atoms with Crippen LogP contribution in [0.4, 0.5) is 4.79 Å². The predicted octanol–water partition coefficient (Wildman–Crippen LogP) is 2.42. The van der Waals surface area contributed by atoms with E-state index in [2.05, 4.69) is 11.9 Å². The van der Waals surface area contributed by atoms with Gasteiger partial charge in [-0.25, -0.2) is 4.79 Å². The Kier molecular flexibility index (Phi) is 4.34. The molecule has 0 saturated carbocycles. The van der Waals surface area contributed by atoms with Gasteiger partial charge in [0, 0.05) is 18.7 Å². The number of rotatable bonds is 2. The standard InChI is InChI=1S/C15H18N2O2/c1-12(13-8-4-2-5-9-13)14(18)16-15(19)17-10-6-3-7-11-17/h2,4-5,8-9H,1,3,6-7,10-11H2,(H,16,18,19). The maximum atomic E-state index is 11.9. The number of nitrogens with one attached hydrogen (secondary N) is 1. The Morgan fingerprint density at radius 1 is 1.05 bits per heavy atom. The number of nitrogens with zero attached hydrogens (tertiary/aromatic N) is 1. The Labute approximate surface area is 113 Å². The molecule has 0 aliphatic carbocycles. The lowest BCUT2D eigenvalue weighted by Gasteiger charge is -2.26. The SMILES string of the molecule is C=C(C(=O)NC(=O)N1CCCCC1)c1ccccc1. The summed E-state index contributed by atoms with van der Waals surface area (Å²) >= 11 is 0. The van der Waals surface area contributed by atoms with Crippen molar-refractivity contribution in [2.75, 3.05) is 13.1 Å². The highest BCUT2D eigenvalue weighted by Gasteiger charge is 2.19. The van der Waals surface area contributed by atoms with E-state index in [4.69, 9.17) is 0 Å². The molecule has 0 unspecified atom stereocenters. The van der Waals surface area contributed by atoms with Crippen LogP contribution < -0.4 is 5.32 Å². The minimum absolute atomic E-state index is 0.311. The molecule has 0 atom stereocenters. The van der Waals surface area contributed by atoms with Gasteiger partial charge in [0.15, 0.2) is 0 Å². The van der Waals surface area contributed by atoms with Crippen LogP contribution in [0.2, 0.25) is 0 Å². The first-order valence-corrected chi connectivity index (χ1v) is 6.53. The van der Waals surface area contributed by atoms with Crippen LogP contribution >= 0.6 is 0 Å². The maximum absolute atomic E-state index is 11.9. The van der Waals surface area contributed by atoms with Crippen molar-refractivity contribution < 1.29 is 9.59 Å². The molecule has 1 aliphatic heterocycles. The van der Waals surface area contributed by atoms with Gasteiger partial charge >= 0.3 is 6.03 Å². The molecular formula is C15H18N2O2. The van der Waals surface area contributed by atoms with Crippen LogP contribution in [0.15, 0.2) is 36.9 Å². The summed E-state index contributed by atoms with van der Waals surface area (Å²) < 4.78 is 0. The van der Waals surface area contributed by atoms with Crippen molar-refractivity contribution in [1.29, 1.82) is 0 Å². The Morgan fingerprint density at radius 2 is 1.68 bits per heavy atom. The zero-order chi connectivity index (χ0) is 13.7. The van der Waals surface area contributed by atoms with Gasteiger partial charge in [0.1, 0.15) is 0 Å². The third kappa shape index (κ3) is 3.44. The molecule has 0 bridgehead atoms. The van der Waals surface area contributed by atoms with Gasteiger partial charge in [-0.3, -0.25) is 10.1 Å². The van der Waals surface area contributed by atoms with Crippen molar-refractivity contribution in [1.82, 2.24) is 10.2 Å². The molecule has 1 aromatic rings. The number of likely N-dealkylation sites (tertiary alicyclic amines) is 1. The summed E-state index contributed by atoms with van der Waals surface area (Å²) in [6.45, 7) is 5.18. The van der Waals surface area contributed by atoms with E-state index in [1.807, 2.05) is 18.2 Å². The minimum Gasteiger partial charge on any atom is -0.324 e. The Hall–Kier alpha value is -2.10. The number of carbonyl (C=O) groups is 2. The third-order valence-electron chi connectivity index (χ3n) is 3.26. The summed E-state index contributed by atoms with van der Waals surface area (Å²) in [5.74, 6) is -0.429. The smallest absolute Gasteiger partial charge is 0.324 e.